The minimum atomic E-state index is -0.541. The molecule has 0 bridgehead atoms. The van der Waals surface area contributed by atoms with Crippen molar-refractivity contribution in [1.82, 2.24) is 14.4 Å². The number of pyridine rings is 1. The Bertz CT molecular complexity index is 987. The first-order valence-corrected chi connectivity index (χ1v) is 12.2. The van der Waals surface area contributed by atoms with Gasteiger partial charge in [-0.15, -0.1) is 0 Å². The topological polar surface area (TPSA) is 64.0 Å². The average molecular weight is 539 g/mol. The zero-order valence-electron chi connectivity index (χ0n) is 18.0. The van der Waals surface area contributed by atoms with Crippen LogP contribution in [0.5, 0.6) is 0 Å². The van der Waals surface area contributed by atoms with Gasteiger partial charge >= 0.3 is 5.97 Å². The van der Waals surface area contributed by atoms with Crippen LogP contribution in [-0.4, -0.2) is 79.4 Å². The fourth-order valence-electron chi connectivity index (χ4n) is 4.53. The van der Waals surface area contributed by atoms with Crippen molar-refractivity contribution in [2.45, 2.75) is 19.9 Å². The maximum Gasteiger partial charge on any atom is 0.343 e. The van der Waals surface area contributed by atoms with E-state index in [1.807, 2.05) is 18.2 Å². The molecule has 2 fully saturated rings. The standard InChI is InChI=1S/C23H30IN3O4/c1-2-31-23(29)20-16-27(21-4-3-18(24)13-19(21)22(20)28)15-17-5-6-26(14-17)8-7-25-9-11-30-12-10-25/h3-4,13,16-17H,2,5-12,14-15H2,1H3. The second kappa shape index (κ2) is 10.4. The summed E-state index contributed by atoms with van der Waals surface area (Å²) in [6.45, 7) is 10.8. The number of halogens is 1. The van der Waals surface area contributed by atoms with Crippen molar-refractivity contribution in [2.75, 3.05) is 59.1 Å². The molecular weight excluding hydrogens is 509 g/mol. The summed E-state index contributed by atoms with van der Waals surface area (Å²) in [5, 5.41) is 0.583. The van der Waals surface area contributed by atoms with Crippen molar-refractivity contribution in [2.24, 2.45) is 5.92 Å². The van der Waals surface area contributed by atoms with E-state index in [0.717, 1.165) is 74.5 Å². The van der Waals surface area contributed by atoms with Crippen molar-refractivity contribution < 1.29 is 14.3 Å². The molecule has 2 aliphatic heterocycles. The minimum absolute atomic E-state index is 0.124. The van der Waals surface area contributed by atoms with Gasteiger partial charge in [-0.3, -0.25) is 9.69 Å². The number of aromatic nitrogens is 1. The first-order valence-electron chi connectivity index (χ1n) is 11.1. The number of morpholine rings is 1. The maximum atomic E-state index is 12.9. The highest BCUT2D eigenvalue weighted by Crippen LogP contribution is 2.22. The van der Waals surface area contributed by atoms with E-state index in [-0.39, 0.29) is 17.6 Å². The Balaban J connectivity index is 1.49. The zero-order valence-corrected chi connectivity index (χ0v) is 20.2. The summed E-state index contributed by atoms with van der Waals surface area (Å²) in [6, 6.07) is 5.85. The van der Waals surface area contributed by atoms with Crippen molar-refractivity contribution in [3.63, 3.8) is 0 Å². The lowest BCUT2D eigenvalue weighted by Gasteiger charge is -2.28. The lowest BCUT2D eigenvalue weighted by atomic mass is 10.1. The van der Waals surface area contributed by atoms with Crippen molar-refractivity contribution in [3.8, 4) is 0 Å². The van der Waals surface area contributed by atoms with Crippen LogP contribution in [0.3, 0.4) is 0 Å². The lowest BCUT2D eigenvalue weighted by molar-refractivity contribution is 0.0342. The molecule has 3 heterocycles. The van der Waals surface area contributed by atoms with E-state index in [9.17, 15) is 9.59 Å². The molecule has 0 amide bonds. The molecule has 8 heteroatoms. The van der Waals surface area contributed by atoms with Gasteiger partial charge in [-0.25, -0.2) is 4.79 Å². The van der Waals surface area contributed by atoms with Crippen LogP contribution in [0.4, 0.5) is 0 Å². The average Bonchev–Trinajstić information content (AvgIpc) is 3.22. The van der Waals surface area contributed by atoms with Crippen LogP contribution >= 0.6 is 22.6 Å². The summed E-state index contributed by atoms with van der Waals surface area (Å²) in [7, 11) is 0. The fraction of sp³-hybridized carbons (Fsp3) is 0.565. The summed E-state index contributed by atoms with van der Waals surface area (Å²) >= 11 is 2.20. The van der Waals surface area contributed by atoms with Gasteiger partial charge in [0.25, 0.3) is 0 Å². The molecule has 7 nitrogen and oxygen atoms in total. The SMILES string of the molecule is CCOC(=O)c1cn(CC2CCN(CCN3CCOCC3)C2)c2ccc(I)cc2c1=O. The Hall–Kier alpha value is -1.49. The van der Waals surface area contributed by atoms with E-state index >= 15 is 0 Å². The number of hydrogen-bond acceptors (Lipinski definition) is 6. The van der Waals surface area contributed by atoms with Crippen LogP contribution in [0.1, 0.15) is 23.7 Å². The molecule has 2 aromatic rings. The Morgan fingerprint density at radius 2 is 1.97 bits per heavy atom. The van der Waals surface area contributed by atoms with Crippen molar-refractivity contribution in [3.05, 3.63) is 43.8 Å². The molecule has 0 N–H and O–H groups in total. The van der Waals surface area contributed by atoms with Gasteiger partial charge < -0.3 is 18.9 Å². The molecule has 31 heavy (non-hydrogen) atoms. The van der Waals surface area contributed by atoms with Gasteiger partial charge in [0.2, 0.25) is 5.43 Å². The zero-order chi connectivity index (χ0) is 21.8. The van der Waals surface area contributed by atoms with Gasteiger partial charge in [0.05, 0.1) is 25.3 Å². The van der Waals surface area contributed by atoms with Gasteiger partial charge in [-0.05, 0) is 66.6 Å². The van der Waals surface area contributed by atoms with Crippen molar-refractivity contribution >= 4 is 39.5 Å². The Kier molecular flexibility index (Phi) is 7.63. The van der Waals surface area contributed by atoms with Crippen LogP contribution in [0.2, 0.25) is 0 Å². The molecule has 1 aromatic carbocycles. The predicted octanol–water partition coefficient (Wildman–Crippen LogP) is 2.44. The summed E-state index contributed by atoms with van der Waals surface area (Å²) in [5.41, 5.74) is 0.755. The van der Waals surface area contributed by atoms with Gasteiger partial charge in [-0.1, -0.05) is 0 Å². The molecule has 2 aliphatic rings. The molecule has 0 radical (unpaired) electrons. The summed E-state index contributed by atoms with van der Waals surface area (Å²) < 4.78 is 13.6. The lowest BCUT2D eigenvalue weighted by Crippen LogP contribution is -2.41. The van der Waals surface area contributed by atoms with E-state index in [4.69, 9.17) is 9.47 Å². The third kappa shape index (κ3) is 5.47. The third-order valence-electron chi connectivity index (χ3n) is 6.20. The molecule has 0 saturated carbocycles. The molecule has 0 aliphatic carbocycles. The number of carbonyl (C=O) groups is 1. The molecule has 2 saturated heterocycles. The van der Waals surface area contributed by atoms with Crippen LogP contribution < -0.4 is 5.43 Å². The first kappa shape index (κ1) is 22.7. The number of likely N-dealkylation sites (tertiary alicyclic amines) is 1. The third-order valence-corrected chi connectivity index (χ3v) is 6.87. The van der Waals surface area contributed by atoms with E-state index in [1.54, 1.807) is 13.1 Å². The van der Waals surface area contributed by atoms with Gasteiger partial charge in [0.1, 0.15) is 5.56 Å². The minimum Gasteiger partial charge on any atom is -0.462 e. The highest BCUT2D eigenvalue weighted by atomic mass is 127. The first-order chi connectivity index (χ1) is 15.0. The quantitative estimate of drug-likeness (QED) is 0.398. The Morgan fingerprint density at radius 3 is 2.74 bits per heavy atom. The Labute approximate surface area is 196 Å². The van der Waals surface area contributed by atoms with Gasteiger partial charge in [0.15, 0.2) is 0 Å². The summed E-state index contributed by atoms with van der Waals surface area (Å²) in [4.78, 5) is 30.3. The molecule has 1 aromatic heterocycles. The number of carbonyl (C=O) groups excluding carboxylic acids is 1. The number of nitrogens with zero attached hydrogens (tertiary/aromatic N) is 3. The molecule has 168 valence electrons. The largest absolute Gasteiger partial charge is 0.462 e. The number of hydrogen-bond donors (Lipinski definition) is 0. The van der Waals surface area contributed by atoms with Crippen LogP contribution in [0, 0.1) is 9.49 Å². The fourth-order valence-corrected chi connectivity index (χ4v) is 5.02. The maximum absolute atomic E-state index is 12.9. The number of benzene rings is 1. The number of fused-ring (bicyclic) bond motifs is 1. The number of esters is 1. The molecule has 1 atom stereocenters. The second-order valence-corrected chi connectivity index (χ2v) is 9.56. The van der Waals surface area contributed by atoms with E-state index in [1.165, 1.54) is 0 Å². The summed E-state index contributed by atoms with van der Waals surface area (Å²) in [6.07, 6.45) is 2.82. The van der Waals surface area contributed by atoms with Crippen molar-refractivity contribution in [1.29, 1.82) is 0 Å². The molecule has 1 unspecified atom stereocenters. The number of rotatable bonds is 7. The summed E-state index contributed by atoms with van der Waals surface area (Å²) in [5.74, 6) is -0.0507. The predicted molar refractivity (Wildman–Crippen MR) is 129 cm³/mol. The van der Waals surface area contributed by atoms with Gasteiger partial charge in [-0.2, -0.15) is 0 Å². The highest BCUT2D eigenvalue weighted by molar-refractivity contribution is 14.1. The Morgan fingerprint density at radius 1 is 1.19 bits per heavy atom. The van der Waals surface area contributed by atoms with Gasteiger partial charge in [0, 0.05) is 54.4 Å². The van der Waals surface area contributed by atoms with Crippen LogP contribution in [0.15, 0.2) is 29.2 Å². The second-order valence-electron chi connectivity index (χ2n) is 8.32. The monoisotopic (exact) mass is 539 g/mol. The van der Waals surface area contributed by atoms with E-state index in [0.29, 0.717) is 11.3 Å². The molecular formula is C23H30IN3O4. The van der Waals surface area contributed by atoms with E-state index < -0.39 is 5.97 Å². The highest BCUT2D eigenvalue weighted by Gasteiger charge is 2.25. The van der Waals surface area contributed by atoms with Crippen LogP contribution in [0.25, 0.3) is 10.9 Å². The smallest absolute Gasteiger partial charge is 0.343 e. The van der Waals surface area contributed by atoms with Crippen LogP contribution in [-0.2, 0) is 16.0 Å². The van der Waals surface area contributed by atoms with E-state index in [2.05, 4.69) is 37.0 Å². The normalized spacial score (nSPS) is 20.4. The molecule has 4 rings (SSSR count). The number of ether oxygens (including phenoxy) is 2. The molecule has 0 spiro atoms.